The number of methoxy groups -OCH3 is 1. The van der Waals surface area contributed by atoms with Gasteiger partial charge in [0.15, 0.2) is 9.84 Å². The van der Waals surface area contributed by atoms with Crippen LogP contribution in [-0.4, -0.2) is 93.5 Å². The van der Waals surface area contributed by atoms with Crippen molar-refractivity contribution in [3.8, 4) is 5.75 Å². The van der Waals surface area contributed by atoms with Crippen molar-refractivity contribution in [3.05, 3.63) is 59.7 Å². The molecule has 13 nitrogen and oxygen atoms in total. The summed E-state index contributed by atoms with van der Waals surface area (Å²) in [4.78, 5) is 69.3. The maximum Gasteiger partial charge on any atom is 0.243 e. The monoisotopic (exact) mass is 699 g/mol. The van der Waals surface area contributed by atoms with Crippen LogP contribution in [0.15, 0.2) is 53.4 Å². The average Bonchev–Trinajstić information content (AvgIpc) is 3.02. The summed E-state index contributed by atoms with van der Waals surface area (Å²) in [5, 5.41) is 11.2. The Hall–Kier alpha value is -4.46. The van der Waals surface area contributed by atoms with E-state index in [0.29, 0.717) is 11.3 Å². The molecule has 5 amide bonds. The topological polar surface area (TPSA) is 180 Å². The Bertz CT molecular complexity index is 1590. The Morgan fingerprint density at radius 3 is 1.98 bits per heavy atom. The van der Waals surface area contributed by atoms with Gasteiger partial charge in [0.1, 0.15) is 23.9 Å². The number of hydrogen-bond donors (Lipinski definition) is 4. The van der Waals surface area contributed by atoms with E-state index in [0.717, 1.165) is 11.8 Å². The number of sulfone groups is 1. The van der Waals surface area contributed by atoms with Crippen LogP contribution < -0.4 is 26.0 Å². The molecule has 4 N–H and O–H groups in total. The standard InChI is InChI=1S/C35H49N5O8S/c1-21(2)16-28-35(45)38-29(17-24-8-12-26(48-6)13-9-24)34(44)36-23(5)33(43)39-30(22(3)4)19-40(20-31(41)37-28)32(42)18-25-10-14-27(15-11-25)49(7,46)47/h8-15,21-23,28-30H,16-20H2,1-7H3,(H,36,44)(H,37,41)(H,38,45)(H,39,43)/t23-,28+,29+,30-/m1/s1. The van der Waals surface area contributed by atoms with Gasteiger partial charge in [0.05, 0.1) is 25.0 Å². The maximum atomic E-state index is 13.7. The number of amides is 5. The lowest BCUT2D eigenvalue weighted by molar-refractivity contribution is -0.137. The first-order valence-corrected chi connectivity index (χ1v) is 18.3. The second kappa shape index (κ2) is 17.3. The summed E-state index contributed by atoms with van der Waals surface area (Å²) in [5.41, 5.74) is 1.27. The highest BCUT2D eigenvalue weighted by Gasteiger charge is 2.32. The van der Waals surface area contributed by atoms with Crippen molar-refractivity contribution in [1.82, 2.24) is 26.2 Å². The van der Waals surface area contributed by atoms with Crippen molar-refractivity contribution in [2.75, 3.05) is 26.5 Å². The van der Waals surface area contributed by atoms with Crippen LogP contribution in [0.4, 0.5) is 0 Å². The van der Waals surface area contributed by atoms with Gasteiger partial charge in [-0.15, -0.1) is 0 Å². The number of hydrogen-bond acceptors (Lipinski definition) is 8. The van der Waals surface area contributed by atoms with Crippen LogP contribution in [0.5, 0.6) is 5.75 Å². The van der Waals surface area contributed by atoms with E-state index in [1.165, 1.54) is 24.0 Å². The van der Waals surface area contributed by atoms with Crippen molar-refractivity contribution >= 4 is 39.4 Å². The van der Waals surface area contributed by atoms with Crippen molar-refractivity contribution in [1.29, 1.82) is 0 Å². The molecule has 1 fully saturated rings. The molecule has 3 rings (SSSR count). The van der Waals surface area contributed by atoms with Crippen LogP contribution in [0.25, 0.3) is 0 Å². The number of benzene rings is 2. The molecule has 2 aromatic carbocycles. The van der Waals surface area contributed by atoms with Crippen LogP contribution in [0.1, 0.15) is 52.2 Å². The van der Waals surface area contributed by atoms with Gasteiger partial charge in [0.25, 0.3) is 0 Å². The van der Waals surface area contributed by atoms with Crippen LogP contribution in [-0.2, 0) is 46.7 Å². The average molecular weight is 700 g/mol. The molecule has 14 heteroatoms. The summed E-state index contributed by atoms with van der Waals surface area (Å²) >= 11 is 0. The molecule has 0 radical (unpaired) electrons. The third-order valence-electron chi connectivity index (χ3n) is 8.29. The fourth-order valence-electron chi connectivity index (χ4n) is 5.34. The molecule has 1 heterocycles. The van der Waals surface area contributed by atoms with E-state index in [-0.39, 0.29) is 42.5 Å². The van der Waals surface area contributed by atoms with Crippen LogP contribution in [0.3, 0.4) is 0 Å². The molecule has 268 valence electrons. The first kappa shape index (κ1) is 39.0. The van der Waals surface area contributed by atoms with Gasteiger partial charge in [-0.2, -0.15) is 0 Å². The summed E-state index contributed by atoms with van der Waals surface area (Å²) in [6.45, 7) is 8.62. The summed E-state index contributed by atoms with van der Waals surface area (Å²) < 4.78 is 29.0. The molecule has 0 aliphatic carbocycles. The molecule has 1 saturated heterocycles. The van der Waals surface area contributed by atoms with E-state index in [2.05, 4.69) is 21.3 Å². The van der Waals surface area contributed by atoms with E-state index in [1.54, 1.807) is 43.5 Å². The molecule has 0 unspecified atom stereocenters. The second-order valence-electron chi connectivity index (χ2n) is 13.3. The Kier molecular flexibility index (Phi) is 13.7. The number of nitrogens with zero attached hydrogens (tertiary/aromatic N) is 1. The summed E-state index contributed by atoms with van der Waals surface area (Å²) in [6, 6.07) is 9.28. The molecule has 1 aliphatic rings. The molecule has 0 spiro atoms. The molecular formula is C35H49N5O8S. The Balaban J connectivity index is 1.96. The lowest BCUT2D eigenvalue weighted by Gasteiger charge is -2.31. The SMILES string of the molecule is COc1ccc(C[C@@H]2NC(=O)[C@H](CC(C)C)NC(=O)CN(C(=O)Cc3ccc(S(C)(=O)=O)cc3)C[C@H](C(C)C)NC(=O)[C@@H](C)NC2=O)cc1. The number of carbonyl (C=O) groups is 5. The highest BCUT2D eigenvalue weighted by molar-refractivity contribution is 7.90. The lowest BCUT2D eigenvalue weighted by atomic mass is 10.0. The minimum absolute atomic E-state index is 0.00759. The minimum Gasteiger partial charge on any atom is -0.497 e. The van der Waals surface area contributed by atoms with Crippen LogP contribution in [0.2, 0.25) is 0 Å². The maximum absolute atomic E-state index is 13.7. The highest BCUT2D eigenvalue weighted by Crippen LogP contribution is 2.16. The van der Waals surface area contributed by atoms with Gasteiger partial charge in [-0.05, 0) is 60.6 Å². The lowest BCUT2D eigenvalue weighted by Crippen LogP contribution is -2.57. The van der Waals surface area contributed by atoms with Gasteiger partial charge in [-0.3, -0.25) is 24.0 Å². The first-order valence-electron chi connectivity index (χ1n) is 16.4. The van der Waals surface area contributed by atoms with Crippen molar-refractivity contribution < 1.29 is 37.1 Å². The summed E-state index contributed by atoms with van der Waals surface area (Å²) in [5.74, 6) is -2.22. The number of rotatable bonds is 9. The molecule has 1 aliphatic heterocycles. The molecule has 2 aromatic rings. The molecule has 0 aromatic heterocycles. The van der Waals surface area contributed by atoms with E-state index >= 15 is 0 Å². The largest absolute Gasteiger partial charge is 0.497 e. The number of carbonyl (C=O) groups excluding carboxylic acids is 5. The van der Waals surface area contributed by atoms with Crippen molar-refractivity contribution in [2.45, 2.75) is 82.9 Å². The van der Waals surface area contributed by atoms with E-state index < -0.39 is 70.1 Å². The second-order valence-corrected chi connectivity index (χ2v) is 15.3. The van der Waals surface area contributed by atoms with E-state index in [9.17, 15) is 32.4 Å². The first-order chi connectivity index (χ1) is 23.0. The quantitative estimate of drug-likeness (QED) is 0.303. The van der Waals surface area contributed by atoms with Gasteiger partial charge in [0, 0.05) is 25.3 Å². The van der Waals surface area contributed by atoms with Gasteiger partial charge in [0.2, 0.25) is 29.5 Å². The van der Waals surface area contributed by atoms with E-state index in [4.69, 9.17) is 4.74 Å². The number of ether oxygens (including phenoxy) is 1. The fraction of sp³-hybridized carbons (Fsp3) is 0.514. The zero-order valence-corrected chi connectivity index (χ0v) is 30.1. The zero-order valence-electron chi connectivity index (χ0n) is 29.2. The summed E-state index contributed by atoms with van der Waals surface area (Å²) in [6.07, 6.45) is 1.33. The van der Waals surface area contributed by atoms with Gasteiger partial charge >= 0.3 is 0 Å². The highest BCUT2D eigenvalue weighted by atomic mass is 32.2. The number of nitrogens with one attached hydrogen (secondary N) is 4. The van der Waals surface area contributed by atoms with E-state index in [1.807, 2.05) is 27.7 Å². The molecule has 0 saturated carbocycles. The fourth-order valence-corrected chi connectivity index (χ4v) is 5.97. The van der Waals surface area contributed by atoms with Crippen LogP contribution >= 0.6 is 0 Å². The normalized spacial score (nSPS) is 21.6. The third-order valence-corrected chi connectivity index (χ3v) is 9.41. The van der Waals surface area contributed by atoms with Gasteiger partial charge in [-0.1, -0.05) is 52.0 Å². The van der Waals surface area contributed by atoms with Gasteiger partial charge in [-0.25, -0.2) is 8.42 Å². The van der Waals surface area contributed by atoms with Crippen molar-refractivity contribution in [2.24, 2.45) is 11.8 Å². The predicted octanol–water partition coefficient (Wildman–Crippen LogP) is 1.39. The molecule has 49 heavy (non-hydrogen) atoms. The Morgan fingerprint density at radius 2 is 1.43 bits per heavy atom. The third kappa shape index (κ3) is 11.9. The molecular weight excluding hydrogens is 650 g/mol. The predicted molar refractivity (Wildman–Crippen MR) is 184 cm³/mol. The summed E-state index contributed by atoms with van der Waals surface area (Å²) in [7, 11) is -1.89. The minimum atomic E-state index is -3.43. The van der Waals surface area contributed by atoms with Crippen molar-refractivity contribution in [3.63, 3.8) is 0 Å². The Morgan fingerprint density at radius 1 is 0.837 bits per heavy atom. The van der Waals surface area contributed by atoms with Gasteiger partial charge < -0.3 is 30.9 Å². The zero-order chi connectivity index (χ0) is 36.5. The van der Waals surface area contributed by atoms with Crippen LogP contribution in [0, 0.1) is 11.8 Å². The smallest absolute Gasteiger partial charge is 0.243 e. The molecule has 4 atom stereocenters. The molecule has 0 bridgehead atoms. The Labute approximate surface area is 288 Å².